The van der Waals surface area contributed by atoms with Gasteiger partial charge in [0.15, 0.2) is 0 Å². The summed E-state index contributed by atoms with van der Waals surface area (Å²) in [5.74, 6) is -0.421. The SMILES string of the molecule is CCCCn1nc(C(=O)Nc2ccc(NC(N)=O)cc2)ccc1=O. The van der Waals surface area contributed by atoms with Gasteiger partial charge in [0.25, 0.3) is 11.5 Å². The van der Waals surface area contributed by atoms with Gasteiger partial charge in [0.1, 0.15) is 5.69 Å². The average Bonchev–Trinajstić information content (AvgIpc) is 2.55. The summed E-state index contributed by atoms with van der Waals surface area (Å²) in [6, 6.07) is 8.52. The number of nitrogens with zero attached hydrogens (tertiary/aromatic N) is 2. The van der Waals surface area contributed by atoms with Gasteiger partial charge in [0.2, 0.25) is 0 Å². The number of rotatable bonds is 6. The summed E-state index contributed by atoms with van der Waals surface area (Å²) in [4.78, 5) is 34.7. The van der Waals surface area contributed by atoms with Crippen LogP contribution in [0.25, 0.3) is 0 Å². The fourth-order valence-electron chi connectivity index (χ4n) is 2.01. The highest BCUT2D eigenvalue weighted by Gasteiger charge is 2.10. The van der Waals surface area contributed by atoms with Crippen LogP contribution in [0, 0.1) is 0 Å². The van der Waals surface area contributed by atoms with Gasteiger partial charge in [-0.3, -0.25) is 9.59 Å². The number of urea groups is 1. The average molecular weight is 329 g/mol. The number of unbranched alkanes of at least 4 members (excludes halogenated alkanes) is 1. The van der Waals surface area contributed by atoms with Crippen LogP contribution in [0.15, 0.2) is 41.2 Å². The van der Waals surface area contributed by atoms with E-state index >= 15 is 0 Å². The summed E-state index contributed by atoms with van der Waals surface area (Å²) >= 11 is 0. The van der Waals surface area contributed by atoms with Crippen LogP contribution >= 0.6 is 0 Å². The van der Waals surface area contributed by atoms with Gasteiger partial charge in [-0.1, -0.05) is 13.3 Å². The number of amides is 3. The Kier molecular flexibility index (Phi) is 5.67. The third-order valence-electron chi connectivity index (χ3n) is 3.23. The third kappa shape index (κ3) is 4.67. The quantitative estimate of drug-likeness (QED) is 0.748. The molecule has 2 rings (SSSR count). The van der Waals surface area contributed by atoms with E-state index in [1.54, 1.807) is 24.3 Å². The molecule has 1 heterocycles. The topological polar surface area (TPSA) is 119 Å². The molecule has 0 unspecified atom stereocenters. The smallest absolute Gasteiger partial charge is 0.316 e. The minimum absolute atomic E-state index is 0.157. The van der Waals surface area contributed by atoms with Crippen LogP contribution in [0.1, 0.15) is 30.3 Å². The lowest BCUT2D eigenvalue weighted by atomic mass is 10.2. The van der Waals surface area contributed by atoms with Gasteiger partial charge < -0.3 is 16.4 Å². The second-order valence-corrected chi connectivity index (χ2v) is 5.15. The van der Waals surface area contributed by atoms with Crippen molar-refractivity contribution in [3.63, 3.8) is 0 Å². The molecule has 0 aliphatic carbocycles. The van der Waals surface area contributed by atoms with Crippen molar-refractivity contribution in [2.24, 2.45) is 5.73 Å². The first-order valence-corrected chi connectivity index (χ1v) is 7.55. The van der Waals surface area contributed by atoms with Gasteiger partial charge in [-0.25, -0.2) is 9.48 Å². The van der Waals surface area contributed by atoms with E-state index in [1.807, 2.05) is 6.92 Å². The molecule has 0 atom stereocenters. The maximum absolute atomic E-state index is 12.2. The highest BCUT2D eigenvalue weighted by molar-refractivity contribution is 6.02. The van der Waals surface area contributed by atoms with Crippen LogP contribution in [0.4, 0.5) is 16.2 Å². The molecule has 0 aliphatic rings. The second-order valence-electron chi connectivity index (χ2n) is 5.15. The monoisotopic (exact) mass is 329 g/mol. The lowest BCUT2D eigenvalue weighted by molar-refractivity contribution is 0.101. The fraction of sp³-hybridized carbons (Fsp3) is 0.250. The molecule has 8 nitrogen and oxygen atoms in total. The minimum Gasteiger partial charge on any atom is -0.351 e. The van der Waals surface area contributed by atoms with Crippen molar-refractivity contribution in [2.75, 3.05) is 10.6 Å². The zero-order chi connectivity index (χ0) is 17.5. The lowest BCUT2D eigenvalue weighted by Gasteiger charge is -2.08. The number of hydrogen-bond acceptors (Lipinski definition) is 4. The number of nitrogens with two attached hydrogens (primary N) is 1. The molecule has 24 heavy (non-hydrogen) atoms. The molecule has 0 fully saturated rings. The Morgan fingerprint density at radius 2 is 1.71 bits per heavy atom. The molecule has 1 aromatic heterocycles. The zero-order valence-corrected chi connectivity index (χ0v) is 13.3. The maximum Gasteiger partial charge on any atom is 0.316 e. The molecular weight excluding hydrogens is 310 g/mol. The first-order chi connectivity index (χ1) is 11.5. The van der Waals surface area contributed by atoms with Crippen molar-refractivity contribution >= 4 is 23.3 Å². The summed E-state index contributed by atoms with van der Waals surface area (Å²) in [6.07, 6.45) is 1.74. The van der Waals surface area contributed by atoms with Crippen LogP contribution in [-0.4, -0.2) is 21.7 Å². The highest BCUT2D eigenvalue weighted by atomic mass is 16.2. The number of hydrogen-bond donors (Lipinski definition) is 3. The summed E-state index contributed by atoms with van der Waals surface area (Å²) in [5, 5.41) is 9.19. The van der Waals surface area contributed by atoms with Crippen molar-refractivity contribution in [1.29, 1.82) is 0 Å². The maximum atomic E-state index is 12.2. The Morgan fingerprint density at radius 1 is 1.08 bits per heavy atom. The molecule has 0 saturated carbocycles. The molecule has 0 bridgehead atoms. The molecular formula is C16H19N5O3. The molecule has 0 spiro atoms. The molecule has 4 N–H and O–H groups in total. The van der Waals surface area contributed by atoms with E-state index in [0.29, 0.717) is 17.9 Å². The molecule has 8 heteroatoms. The van der Waals surface area contributed by atoms with Gasteiger partial charge in [-0.05, 0) is 36.8 Å². The van der Waals surface area contributed by atoms with E-state index in [1.165, 1.54) is 16.8 Å². The number of nitrogens with one attached hydrogen (secondary N) is 2. The molecule has 0 radical (unpaired) electrons. The summed E-state index contributed by atoms with van der Waals surface area (Å²) in [6.45, 7) is 2.49. The van der Waals surface area contributed by atoms with Gasteiger partial charge in [0, 0.05) is 24.0 Å². The predicted molar refractivity (Wildman–Crippen MR) is 91.0 cm³/mol. The van der Waals surface area contributed by atoms with Gasteiger partial charge in [0.05, 0.1) is 0 Å². The van der Waals surface area contributed by atoms with E-state index < -0.39 is 11.9 Å². The number of benzene rings is 1. The van der Waals surface area contributed by atoms with Gasteiger partial charge in [-0.15, -0.1) is 0 Å². The molecule has 0 saturated heterocycles. The summed E-state index contributed by atoms with van der Waals surface area (Å²) in [5.41, 5.74) is 6.00. The van der Waals surface area contributed by atoms with Crippen LogP contribution in [0.3, 0.4) is 0 Å². The first kappa shape index (κ1) is 17.2. The van der Waals surface area contributed by atoms with Crippen molar-refractivity contribution in [3.8, 4) is 0 Å². The highest BCUT2D eigenvalue weighted by Crippen LogP contribution is 2.14. The Balaban J connectivity index is 2.09. The predicted octanol–water partition coefficient (Wildman–Crippen LogP) is 1.79. The van der Waals surface area contributed by atoms with Crippen LogP contribution < -0.4 is 21.9 Å². The molecule has 2 aromatic rings. The Morgan fingerprint density at radius 3 is 2.29 bits per heavy atom. The van der Waals surface area contributed by atoms with Crippen molar-refractivity contribution in [3.05, 3.63) is 52.4 Å². The van der Waals surface area contributed by atoms with E-state index in [2.05, 4.69) is 15.7 Å². The van der Waals surface area contributed by atoms with Crippen LogP contribution in [0.5, 0.6) is 0 Å². The molecule has 1 aromatic carbocycles. The van der Waals surface area contributed by atoms with Crippen molar-refractivity contribution in [1.82, 2.24) is 9.78 Å². The normalized spacial score (nSPS) is 10.2. The number of aromatic nitrogens is 2. The summed E-state index contributed by atoms with van der Waals surface area (Å²) < 4.78 is 1.29. The van der Waals surface area contributed by atoms with Crippen LogP contribution in [0.2, 0.25) is 0 Å². The van der Waals surface area contributed by atoms with Gasteiger partial charge in [-0.2, -0.15) is 5.10 Å². The Labute approximate surface area is 138 Å². The Bertz CT molecular complexity index is 783. The number of primary amides is 1. The largest absolute Gasteiger partial charge is 0.351 e. The number of aryl methyl sites for hydroxylation is 1. The molecule has 3 amide bonds. The number of anilines is 2. The van der Waals surface area contributed by atoms with E-state index in [0.717, 1.165) is 12.8 Å². The third-order valence-corrected chi connectivity index (χ3v) is 3.23. The van der Waals surface area contributed by atoms with Crippen LogP contribution in [-0.2, 0) is 6.54 Å². The number of carbonyl (C=O) groups excluding carboxylic acids is 2. The molecule has 0 aliphatic heterocycles. The van der Waals surface area contributed by atoms with E-state index in [-0.39, 0.29) is 11.3 Å². The fourth-order valence-corrected chi connectivity index (χ4v) is 2.01. The summed E-state index contributed by atoms with van der Waals surface area (Å²) in [7, 11) is 0. The van der Waals surface area contributed by atoms with E-state index in [9.17, 15) is 14.4 Å². The van der Waals surface area contributed by atoms with E-state index in [4.69, 9.17) is 5.73 Å². The van der Waals surface area contributed by atoms with Crippen molar-refractivity contribution in [2.45, 2.75) is 26.3 Å². The minimum atomic E-state index is -0.662. The second kappa shape index (κ2) is 7.91. The standard InChI is InChI=1S/C16H19N5O3/c1-2-3-10-21-14(22)9-8-13(20-21)15(23)18-11-4-6-12(7-5-11)19-16(17)24/h4-9H,2-3,10H2,1H3,(H,18,23)(H3,17,19,24). The Hall–Kier alpha value is -3.16. The first-order valence-electron chi connectivity index (χ1n) is 7.55. The van der Waals surface area contributed by atoms with Crippen molar-refractivity contribution < 1.29 is 9.59 Å². The van der Waals surface area contributed by atoms with Gasteiger partial charge >= 0.3 is 6.03 Å². The molecule has 126 valence electrons. The lowest BCUT2D eigenvalue weighted by Crippen LogP contribution is -2.26. The number of carbonyl (C=O) groups is 2. The zero-order valence-electron chi connectivity index (χ0n) is 13.3.